The van der Waals surface area contributed by atoms with Gasteiger partial charge in [0.1, 0.15) is 11.4 Å². The lowest BCUT2D eigenvalue weighted by atomic mass is 10.2. The Labute approximate surface area is 142 Å². The zero-order valence-electron chi connectivity index (χ0n) is 14.6. The fourth-order valence-corrected chi connectivity index (χ4v) is 2.70. The van der Waals surface area contributed by atoms with E-state index in [1.807, 2.05) is 55.9 Å². The molecule has 1 aromatic carbocycles. The van der Waals surface area contributed by atoms with Crippen LogP contribution in [0.5, 0.6) is 5.75 Å². The Hall–Kier alpha value is -2.50. The molecule has 0 saturated carbocycles. The molecule has 24 heavy (non-hydrogen) atoms. The Morgan fingerprint density at radius 1 is 1.29 bits per heavy atom. The molecule has 0 atom stereocenters. The second-order valence-electron chi connectivity index (χ2n) is 6.99. The summed E-state index contributed by atoms with van der Waals surface area (Å²) in [6.07, 6.45) is 1.71. The topological polar surface area (TPSA) is 56.6 Å². The maximum absolute atomic E-state index is 12.1. The number of carbonyl (C=O) groups excluding carboxylic acids is 1. The Kier molecular flexibility index (Phi) is 4.22. The van der Waals surface area contributed by atoms with Gasteiger partial charge in [-0.1, -0.05) is 12.1 Å². The largest absolute Gasteiger partial charge is 0.497 e. The highest BCUT2D eigenvalue weighted by Crippen LogP contribution is 2.24. The van der Waals surface area contributed by atoms with E-state index < -0.39 is 5.60 Å². The third-order valence-electron chi connectivity index (χ3n) is 3.76. The van der Waals surface area contributed by atoms with E-state index in [0.717, 1.165) is 22.6 Å². The molecule has 1 aliphatic heterocycles. The number of aromatic nitrogens is 2. The number of rotatable bonds is 3. The standard InChI is InChI=1S/C18H23N3O3/c1-18(2,3)24-17(22)20-10-14-11-21(19-16(14)12-20)9-13-6-5-7-15(8-13)23-4/h5-8,11H,9-10,12H2,1-4H3. The molecule has 2 aromatic rings. The van der Waals surface area contributed by atoms with Crippen LogP contribution in [0, 0.1) is 0 Å². The van der Waals surface area contributed by atoms with E-state index in [4.69, 9.17) is 9.47 Å². The minimum atomic E-state index is -0.483. The summed E-state index contributed by atoms with van der Waals surface area (Å²) in [7, 11) is 1.66. The molecule has 1 aromatic heterocycles. The first kappa shape index (κ1) is 16.4. The van der Waals surface area contributed by atoms with Crippen molar-refractivity contribution < 1.29 is 14.3 Å². The van der Waals surface area contributed by atoms with E-state index in [-0.39, 0.29) is 6.09 Å². The molecule has 1 amide bonds. The van der Waals surface area contributed by atoms with Crippen LogP contribution in [0.1, 0.15) is 37.6 Å². The van der Waals surface area contributed by atoms with Crippen LogP contribution in [0.2, 0.25) is 0 Å². The first-order valence-electron chi connectivity index (χ1n) is 8.00. The van der Waals surface area contributed by atoms with Gasteiger partial charge in [-0.3, -0.25) is 9.58 Å². The van der Waals surface area contributed by atoms with Gasteiger partial charge in [-0.05, 0) is 38.5 Å². The highest BCUT2D eigenvalue weighted by Gasteiger charge is 2.29. The second kappa shape index (κ2) is 6.19. The molecule has 6 nitrogen and oxygen atoms in total. The highest BCUT2D eigenvalue weighted by molar-refractivity contribution is 5.69. The number of ether oxygens (including phenoxy) is 2. The smallest absolute Gasteiger partial charge is 0.410 e. The number of hydrogen-bond acceptors (Lipinski definition) is 4. The fraction of sp³-hybridized carbons (Fsp3) is 0.444. The van der Waals surface area contributed by atoms with Gasteiger partial charge >= 0.3 is 6.09 Å². The van der Waals surface area contributed by atoms with Crippen molar-refractivity contribution in [3.8, 4) is 5.75 Å². The average molecular weight is 329 g/mol. The van der Waals surface area contributed by atoms with E-state index in [9.17, 15) is 4.79 Å². The minimum Gasteiger partial charge on any atom is -0.497 e. The lowest BCUT2D eigenvalue weighted by Crippen LogP contribution is -2.33. The normalized spacial score (nSPS) is 13.8. The maximum Gasteiger partial charge on any atom is 0.410 e. The molecule has 2 heterocycles. The van der Waals surface area contributed by atoms with Crippen molar-refractivity contribution in [3.63, 3.8) is 0 Å². The summed E-state index contributed by atoms with van der Waals surface area (Å²) in [5.41, 5.74) is 2.65. The highest BCUT2D eigenvalue weighted by atomic mass is 16.6. The first-order chi connectivity index (χ1) is 11.3. The fourth-order valence-electron chi connectivity index (χ4n) is 2.70. The van der Waals surface area contributed by atoms with Gasteiger partial charge in [-0.15, -0.1) is 0 Å². The Balaban J connectivity index is 1.65. The molecule has 6 heteroatoms. The van der Waals surface area contributed by atoms with Crippen molar-refractivity contribution in [3.05, 3.63) is 47.3 Å². The van der Waals surface area contributed by atoms with Crippen LogP contribution in [-0.4, -0.2) is 33.5 Å². The zero-order chi connectivity index (χ0) is 17.3. The zero-order valence-corrected chi connectivity index (χ0v) is 14.6. The van der Waals surface area contributed by atoms with E-state index >= 15 is 0 Å². The van der Waals surface area contributed by atoms with Crippen LogP contribution in [0.4, 0.5) is 4.79 Å². The summed E-state index contributed by atoms with van der Waals surface area (Å²) in [5.74, 6) is 0.836. The number of methoxy groups -OCH3 is 1. The predicted octanol–water partition coefficient (Wildman–Crippen LogP) is 3.19. The first-order valence-corrected chi connectivity index (χ1v) is 8.00. The molecule has 0 radical (unpaired) electrons. The van der Waals surface area contributed by atoms with Crippen molar-refractivity contribution in [1.82, 2.24) is 14.7 Å². The number of carbonyl (C=O) groups is 1. The molecule has 0 aliphatic carbocycles. The van der Waals surface area contributed by atoms with Gasteiger partial charge < -0.3 is 9.47 Å². The maximum atomic E-state index is 12.1. The van der Waals surface area contributed by atoms with Crippen molar-refractivity contribution in [2.75, 3.05) is 7.11 Å². The Bertz CT molecular complexity index is 723. The SMILES string of the molecule is COc1cccc(Cn2cc3c(n2)CN(C(=O)OC(C)(C)C)C3)c1. The van der Waals surface area contributed by atoms with Gasteiger partial charge in [0.05, 0.1) is 32.4 Å². The Morgan fingerprint density at radius 3 is 2.75 bits per heavy atom. The molecule has 0 fully saturated rings. The molecule has 0 unspecified atom stereocenters. The van der Waals surface area contributed by atoms with Gasteiger partial charge in [0.15, 0.2) is 0 Å². The van der Waals surface area contributed by atoms with E-state index in [0.29, 0.717) is 19.6 Å². The Morgan fingerprint density at radius 2 is 2.08 bits per heavy atom. The summed E-state index contributed by atoms with van der Waals surface area (Å²) < 4.78 is 12.6. The molecule has 0 saturated heterocycles. The van der Waals surface area contributed by atoms with Gasteiger partial charge in [0.25, 0.3) is 0 Å². The minimum absolute atomic E-state index is 0.292. The van der Waals surface area contributed by atoms with E-state index in [1.54, 1.807) is 12.0 Å². The van der Waals surface area contributed by atoms with Gasteiger partial charge in [0, 0.05) is 11.8 Å². The van der Waals surface area contributed by atoms with Crippen molar-refractivity contribution in [1.29, 1.82) is 0 Å². The molecule has 1 aliphatic rings. The average Bonchev–Trinajstić information content (AvgIpc) is 3.04. The van der Waals surface area contributed by atoms with Crippen molar-refractivity contribution >= 4 is 6.09 Å². The monoisotopic (exact) mass is 329 g/mol. The lowest BCUT2D eigenvalue weighted by molar-refractivity contribution is 0.0239. The van der Waals surface area contributed by atoms with Gasteiger partial charge in [-0.25, -0.2) is 4.79 Å². The molecule has 128 valence electrons. The number of amides is 1. The summed E-state index contributed by atoms with van der Waals surface area (Å²) >= 11 is 0. The molecule has 3 rings (SSSR count). The van der Waals surface area contributed by atoms with Crippen LogP contribution < -0.4 is 4.74 Å². The van der Waals surface area contributed by atoms with E-state index in [2.05, 4.69) is 5.10 Å². The van der Waals surface area contributed by atoms with Crippen molar-refractivity contribution in [2.24, 2.45) is 0 Å². The molecular formula is C18H23N3O3. The van der Waals surface area contributed by atoms with Crippen molar-refractivity contribution in [2.45, 2.75) is 46.0 Å². The van der Waals surface area contributed by atoms with Gasteiger partial charge in [-0.2, -0.15) is 5.10 Å². The van der Waals surface area contributed by atoms with Crippen LogP contribution in [0.15, 0.2) is 30.5 Å². The van der Waals surface area contributed by atoms with Crippen LogP contribution >= 0.6 is 0 Å². The van der Waals surface area contributed by atoms with Crippen LogP contribution in [0.25, 0.3) is 0 Å². The number of fused-ring (bicyclic) bond motifs is 1. The molecule has 0 N–H and O–H groups in total. The quantitative estimate of drug-likeness (QED) is 0.868. The summed E-state index contributed by atoms with van der Waals surface area (Å²) in [4.78, 5) is 13.8. The number of nitrogens with zero attached hydrogens (tertiary/aromatic N) is 3. The molecule has 0 bridgehead atoms. The third-order valence-corrected chi connectivity index (χ3v) is 3.76. The summed E-state index contributed by atoms with van der Waals surface area (Å²) in [6, 6.07) is 7.93. The molecule has 0 spiro atoms. The number of benzene rings is 1. The summed E-state index contributed by atoms with van der Waals surface area (Å²) in [6.45, 7) is 7.33. The van der Waals surface area contributed by atoms with Crippen LogP contribution in [0.3, 0.4) is 0 Å². The predicted molar refractivity (Wildman–Crippen MR) is 89.8 cm³/mol. The summed E-state index contributed by atoms with van der Waals surface area (Å²) in [5, 5.41) is 4.60. The lowest BCUT2D eigenvalue weighted by Gasteiger charge is -2.24. The second-order valence-corrected chi connectivity index (χ2v) is 6.99. The third kappa shape index (κ3) is 3.69. The number of hydrogen-bond donors (Lipinski definition) is 0. The van der Waals surface area contributed by atoms with E-state index in [1.165, 1.54) is 0 Å². The molecular weight excluding hydrogens is 306 g/mol. The van der Waals surface area contributed by atoms with Gasteiger partial charge in [0.2, 0.25) is 0 Å². The van der Waals surface area contributed by atoms with Crippen LogP contribution in [-0.2, 0) is 24.4 Å².